The monoisotopic (exact) mass is 373 g/mol. The third-order valence-corrected chi connectivity index (χ3v) is 5.40. The lowest BCUT2D eigenvalue weighted by atomic mass is 9.87. The third kappa shape index (κ3) is 4.23. The number of hydrogen-bond donors (Lipinski definition) is 2. The third-order valence-electron chi connectivity index (χ3n) is 5.40. The van der Waals surface area contributed by atoms with E-state index in [-0.39, 0.29) is 36.4 Å². The number of carbonyl (C=O) groups is 3. The maximum absolute atomic E-state index is 12.5. The first kappa shape index (κ1) is 19.2. The van der Waals surface area contributed by atoms with Gasteiger partial charge in [0.05, 0.1) is 12.0 Å². The van der Waals surface area contributed by atoms with E-state index in [1.165, 1.54) is 5.56 Å². The number of aliphatic carboxylic acids is 1. The van der Waals surface area contributed by atoms with Gasteiger partial charge in [-0.2, -0.15) is 0 Å². The number of carboxylic acids is 1. The summed E-state index contributed by atoms with van der Waals surface area (Å²) >= 11 is 0. The van der Waals surface area contributed by atoms with Crippen molar-refractivity contribution in [2.75, 3.05) is 25.0 Å². The van der Waals surface area contributed by atoms with Crippen molar-refractivity contribution in [3.05, 3.63) is 29.8 Å². The first-order valence-corrected chi connectivity index (χ1v) is 9.34. The topological polar surface area (TPSA) is 90.0 Å². The SMILES string of the molecule is CC(C)(C)c1ccc(NC(=O)N2CCC(N3CC(C(=O)O)CC3=O)C2)cc1. The number of benzene rings is 1. The Kier molecular flexibility index (Phi) is 5.13. The van der Waals surface area contributed by atoms with E-state index < -0.39 is 11.9 Å². The summed E-state index contributed by atoms with van der Waals surface area (Å²) in [6, 6.07) is 7.52. The zero-order valence-corrected chi connectivity index (χ0v) is 16.1. The molecule has 0 aliphatic carbocycles. The zero-order valence-electron chi connectivity index (χ0n) is 16.1. The fourth-order valence-electron chi connectivity index (χ4n) is 3.69. The van der Waals surface area contributed by atoms with Crippen molar-refractivity contribution in [3.63, 3.8) is 0 Å². The van der Waals surface area contributed by atoms with Crippen LogP contribution >= 0.6 is 0 Å². The Morgan fingerprint density at radius 3 is 2.37 bits per heavy atom. The van der Waals surface area contributed by atoms with Gasteiger partial charge >= 0.3 is 12.0 Å². The first-order chi connectivity index (χ1) is 12.6. The van der Waals surface area contributed by atoms with Crippen LogP contribution in [0.15, 0.2) is 24.3 Å². The van der Waals surface area contributed by atoms with Crippen molar-refractivity contribution in [1.82, 2.24) is 9.80 Å². The van der Waals surface area contributed by atoms with E-state index >= 15 is 0 Å². The standard InChI is InChI=1S/C20H27N3O4/c1-20(2,3)14-4-6-15(7-5-14)21-19(27)22-9-8-16(12-22)23-11-13(18(25)26)10-17(23)24/h4-7,13,16H,8-12H2,1-3H3,(H,21,27)(H,25,26). The summed E-state index contributed by atoms with van der Waals surface area (Å²) in [5, 5.41) is 12.0. The molecule has 7 nitrogen and oxygen atoms in total. The highest BCUT2D eigenvalue weighted by molar-refractivity contribution is 5.90. The molecular weight excluding hydrogens is 346 g/mol. The van der Waals surface area contributed by atoms with E-state index in [1.807, 2.05) is 24.3 Å². The summed E-state index contributed by atoms with van der Waals surface area (Å²) in [6.07, 6.45) is 0.729. The normalized spacial score (nSPS) is 23.0. The van der Waals surface area contributed by atoms with Gasteiger partial charge in [-0.05, 0) is 29.5 Å². The minimum Gasteiger partial charge on any atom is -0.481 e. The number of amides is 3. The average molecular weight is 373 g/mol. The second-order valence-electron chi connectivity index (χ2n) is 8.43. The van der Waals surface area contributed by atoms with Crippen LogP contribution in [0.25, 0.3) is 0 Å². The maximum Gasteiger partial charge on any atom is 0.321 e. The molecule has 1 aromatic carbocycles. The quantitative estimate of drug-likeness (QED) is 0.852. The second-order valence-corrected chi connectivity index (χ2v) is 8.43. The fourth-order valence-corrected chi connectivity index (χ4v) is 3.69. The van der Waals surface area contributed by atoms with Gasteiger partial charge in [-0.25, -0.2) is 4.79 Å². The van der Waals surface area contributed by atoms with Gasteiger partial charge in [0.15, 0.2) is 0 Å². The molecule has 1 aromatic rings. The van der Waals surface area contributed by atoms with Gasteiger partial charge in [0.2, 0.25) is 5.91 Å². The smallest absolute Gasteiger partial charge is 0.321 e. The Hall–Kier alpha value is -2.57. The Morgan fingerprint density at radius 1 is 1.15 bits per heavy atom. The van der Waals surface area contributed by atoms with E-state index in [2.05, 4.69) is 26.1 Å². The molecule has 146 valence electrons. The molecule has 0 saturated carbocycles. The van der Waals surface area contributed by atoms with E-state index in [4.69, 9.17) is 5.11 Å². The van der Waals surface area contributed by atoms with Gasteiger partial charge in [-0.1, -0.05) is 32.9 Å². The first-order valence-electron chi connectivity index (χ1n) is 9.34. The number of anilines is 1. The van der Waals surface area contributed by atoms with Crippen molar-refractivity contribution in [3.8, 4) is 0 Å². The number of nitrogens with zero attached hydrogens (tertiary/aromatic N) is 2. The molecule has 2 heterocycles. The molecule has 0 aromatic heterocycles. The highest BCUT2D eigenvalue weighted by atomic mass is 16.4. The van der Waals surface area contributed by atoms with Gasteiger partial charge in [0, 0.05) is 31.7 Å². The molecule has 3 amide bonds. The number of likely N-dealkylation sites (tertiary alicyclic amines) is 2. The number of nitrogens with one attached hydrogen (secondary N) is 1. The van der Waals surface area contributed by atoms with Crippen LogP contribution in [-0.4, -0.2) is 58.5 Å². The maximum atomic E-state index is 12.5. The molecule has 7 heteroatoms. The summed E-state index contributed by atoms with van der Waals surface area (Å²) in [5.41, 5.74) is 1.99. The summed E-state index contributed by atoms with van der Waals surface area (Å²) in [5.74, 6) is -1.70. The summed E-state index contributed by atoms with van der Waals surface area (Å²) < 4.78 is 0. The minimum absolute atomic E-state index is 0.0537. The Labute approximate surface area is 159 Å². The lowest BCUT2D eigenvalue weighted by Crippen LogP contribution is -2.41. The number of carboxylic acid groups (broad SMARTS) is 1. The molecule has 2 fully saturated rings. The van der Waals surface area contributed by atoms with Crippen molar-refractivity contribution in [2.45, 2.75) is 45.1 Å². The number of rotatable bonds is 3. The van der Waals surface area contributed by atoms with Crippen molar-refractivity contribution >= 4 is 23.6 Å². The zero-order chi connectivity index (χ0) is 19.8. The van der Waals surface area contributed by atoms with Gasteiger partial charge in [0.25, 0.3) is 0 Å². The highest BCUT2D eigenvalue weighted by Crippen LogP contribution is 2.26. The summed E-state index contributed by atoms with van der Waals surface area (Å²) in [7, 11) is 0. The highest BCUT2D eigenvalue weighted by Gasteiger charge is 2.40. The van der Waals surface area contributed by atoms with E-state index in [0.29, 0.717) is 19.5 Å². The molecule has 2 unspecified atom stereocenters. The number of carbonyl (C=O) groups excluding carboxylic acids is 2. The van der Waals surface area contributed by atoms with Crippen LogP contribution < -0.4 is 5.32 Å². The molecule has 0 radical (unpaired) electrons. The van der Waals surface area contributed by atoms with Crippen LogP contribution in [-0.2, 0) is 15.0 Å². The van der Waals surface area contributed by atoms with Gasteiger partial charge in [-0.3, -0.25) is 9.59 Å². The van der Waals surface area contributed by atoms with Crippen LogP contribution in [0.4, 0.5) is 10.5 Å². The molecule has 0 spiro atoms. The summed E-state index contributed by atoms with van der Waals surface area (Å²) in [6.45, 7) is 7.64. The van der Waals surface area contributed by atoms with Crippen LogP contribution in [0.5, 0.6) is 0 Å². The summed E-state index contributed by atoms with van der Waals surface area (Å²) in [4.78, 5) is 39.1. The van der Waals surface area contributed by atoms with Crippen molar-refractivity contribution in [1.29, 1.82) is 0 Å². The van der Waals surface area contributed by atoms with Crippen LogP contribution in [0.1, 0.15) is 39.2 Å². The largest absolute Gasteiger partial charge is 0.481 e. The lowest BCUT2D eigenvalue weighted by Gasteiger charge is -2.24. The molecule has 2 saturated heterocycles. The molecule has 2 aliphatic heterocycles. The van der Waals surface area contributed by atoms with E-state index in [9.17, 15) is 14.4 Å². The number of hydrogen-bond acceptors (Lipinski definition) is 3. The predicted octanol–water partition coefficient (Wildman–Crippen LogP) is 2.52. The molecule has 27 heavy (non-hydrogen) atoms. The lowest BCUT2D eigenvalue weighted by molar-refractivity contribution is -0.141. The Morgan fingerprint density at radius 2 is 1.81 bits per heavy atom. The molecule has 2 atom stereocenters. The molecule has 0 bridgehead atoms. The Bertz CT molecular complexity index is 739. The average Bonchev–Trinajstić information content (AvgIpc) is 3.21. The molecule has 2 aliphatic rings. The van der Waals surface area contributed by atoms with Gasteiger partial charge in [-0.15, -0.1) is 0 Å². The van der Waals surface area contributed by atoms with Crippen molar-refractivity contribution in [2.24, 2.45) is 5.92 Å². The van der Waals surface area contributed by atoms with Crippen molar-refractivity contribution < 1.29 is 19.5 Å². The molecular formula is C20H27N3O4. The van der Waals surface area contributed by atoms with Gasteiger partial charge < -0.3 is 20.2 Å². The molecule has 2 N–H and O–H groups in total. The Balaban J connectivity index is 1.56. The second kappa shape index (κ2) is 7.21. The van der Waals surface area contributed by atoms with E-state index in [0.717, 1.165) is 5.69 Å². The predicted molar refractivity (Wildman–Crippen MR) is 102 cm³/mol. The van der Waals surface area contributed by atoms with Gasteiger partial charge in [0.1, 0.15) is 0 Å². The number of urea groups is 1. The van der Waals surface area contributed by atoms with E-state index in [1.54, 1.807) is 9.80 Å². The van der Waals surface area contributed by atoms with Crippen LogP contribution in [0.2, 0.25) is 0 Å². The van der Waals surface area contributed by atoms with Crippen LogP contribution in [0, 0.1) is 5.92 Å². The fraction of sp³-hybridized carbons (Fsp3) is 0.550. The van der Waals surface area contributed by atoms with Crippen LogP contribution in [0.3, 0.4) is 0 Å². The minimum atomic E-state index is -0.933. The molecule has 3 rings (SSSR count).